The summed E-state index contributed by atoms with van der Waals surface area (Å²) in [5, 5.41) is 8.94. The molecule has 20 heavy (non-hydrogen) atoms. The van der Waals surface area contributed by atoms with Crippen LogP contribution in [0.15, 0.2) is 27.6 Å². The number of hydrogen-bond donors (Lipinski definition) is 2. The highest BCUT2D eigenvalue weighted by atomic mass is 79.9. The van der Waals surface area contributed by atoms with Gasteiger partial charge in [-0.1, -0.05) is 22.9 Å². The van der Waals surface area contributed by atoms with Gasteiger partial charge in [0.15, 0.2) is 0 Å². The summed E-state index contributed by atoms with van der Waals surface area (Å²) >= 11 is 3.19. The molecule has 0 aliphatic carbocycles. The molecule has 0 radical (unpaired) electrons. The molecule has 1 aromatic carbocycles. The molecule has 0 aromatic heterocycles. The lowest BCUT2D eigenvalue weighted by Gasteiger charge is -2.15. The van der Waals surface area contributed by atoms with Gasteiger partial charge in [0.2, 0.25) is 10.0 Å². The number of carboxylic acid groups (broad SMARTS) is 1. The minimum atomic E-state index is -3.98. The molecule has 0 amide bonds. The number of halogens is 1. The Balaban J connectivity index is 3.20. The summed E-state index contributed by atoms with van der Waals surface area (Å²) < 4.78 is 32.5. The average molecular weight is 366 g/mol. The van der Waals surface area contributed by atoms with E-state index >= 15 is 0 Å². The van der Waals surface area contributed by atoms with E-state index < -0.39 is 22.0 Å². The number of aliphatic carboxylic acids is 1. The van der Waals surface area contributed by atoms with Gasteiger partial charge in [0.25, 0.3) is 0 Å². The Labute approximate surface area is 126 Å². The number of benzene rings is 1. The highest BCUT2D eigenvalue weighted by Gasteiger charge is 2.26. The first-order chi connectivity index (χ1) is 9.31. The van der Waals surface area contributed by atoms with Crippen molar-refractivity contribution in [2.24, 2.45) is 0 Å². The van der Waals surface area contributed by atoms with Crippen LogP contribution in [0.5, 0.6) is 5.75 Å². The number of nitrogens with one attached hydrogen (secondary N) is 1. The van der Waals surface area contributed by atoms with Crippen LogP contribution in [0, 0.1) is 0 Å². The minimum Gasteiger partial charge on any atom is -0.492 e. The predicted octanol–water partition coefficient (Wildman–Crippen LogP) is 1.99. The molecule has 0 spiro atoms. The Morgan fingerprint density at radius 1 is 1.45 bits per heavy atom. The number of hydrogen-bond acceptors (Lipinski definition) is 4. The quantitative estimate of drug-likeness (QED) is 0.770. The van der Waals surface area contributed by atoms with Gasteiger partial charge in [-0.3, -0.25) is 4.79 Å². The zero-order valence-corrected chi connectivity index (χ0v) is 13.5. The molecule has 112 valence electrons. The molecule has 8 heteroatoms. The predicted molar refractivity (Wildman–Crippen MR) is 77.3 cm³/mol. The fourth-order valence-corrected chi connectivity index (χ4v) is 3.48. The molecule has 0 bridgehead atoms. The van der Waals surface area contributed by atoms with Crippen LogP contribution < -0.4 is 9.46 Å². The van der Waals surface area contributed by atoms with Gasteiger partial charge in [0, 0.05) is 4.47 Å². The van der Waals surface area contributed by atoms with Crippen molar-refractivity contribution in [1.82, 2.24) is 4.72 Å². The fourth-order valence-electron chi connectivity index (χ4n) is 1.53. The third kappa shape index (κ3) is 4.19. The summed E-state index contributed by atoms with van der Waals surface area (Å²) in [4.78, 5) is 10.9. The van der Waals surface area contributed by atoms with Crippen LogP contribution in [-0.2, 0) is 14.8 Å². The van der Waals surface area contributed by atoms with Gasteiger partial charge in [-0.05, 0) is 31.5 Å². The number of rotatable bonds is 7. The molecule has 0 aliphatic rings. The summed E-state index contributed by atoms with van der Waals surface area (Å²) in [6.07, 6.45) is 0.145. The second-order valence-corrected chi connectivity index (χ2v) is 6.54. The molecule has 0 heterocycles. The van der Waals surface area contributed by atoms with E-state index in [1.807, 2.05) is 0 Å². The number of carbonyl (C=O) groups is 1. The van der Waals surface area contributed by atoms with E-state index in [1.165, 1.54) is 12.1 Å². The largest absolute Gasteiger partial charge is 0.492 e. The third-order valence-electron chi connectivity index (χ3n) is 2.50. The minimum absolute atomic E-state index is 0.0894. The summed E-state index contributed by atoms with van der Waals surface area (Å²) in [5.41, 5.74) is 0. The standard InChI is InChI=1S/C12H16BrNO5S/c1-3-9(12(15)16)14-20(17,18)11-7-8(13)5-6-10(11)19-4-2/h5-7,9,14H,3-4H2,1-2H3,(H,15,16). The van der Waals surface area contributed by atoms with Crippen LogP contribution >= 0.6 is 15.9 Å². The number of sulfonamides is 1. The van der Waals surface area contributed by atoms with Crippen molar-refractivity contribution in [2.75, 3.05) is 6.61 Å². The van der Waals surface area contributed by atoms with Crippen LogP contribution in [0.1, 0.15) is 20.3 Å². The first kappa shape index (κ1) is 16.9. The molecular formula is C12H16BrNO5S. The maximum absolute atomic E-state index is 12.3. The van der Waals surface area contributed by atoms with E-state index in [-0.39, 0.29) is 17.1 Å². The third-order valence-corrected chi connectivity index (χ3v) is 4.49. The first-order valence-corrected chi connectivity index (χ1v) is 8.27. The summed E-state index contributed by atoms with van der Waals surface area (Å²) in [5.74, 6) is -1.03. The molecule has 6 nitrogen and oxygen atoms in total. The summed E-state index contributed by atoms with van der Waals surface area (Å²) in [6, 6.07) is 3.37. The smallest absolute Gasteiger partial charge is 0.321 e. The van der Waals surface area contributed by atoms with E-state index in [9.17, 15) is 13.2 Å². The van der Waals surface area contributed by atoms with Gasteiger partial charge in [-0.15, -0.1) is 0 Å². The van der Waals surface area contributed by atoms with Crippen LogP contribution in [-0.4, -0.2) is 32.1 Å². The monoisotopic (exact) mass is 365 g/mol. The molecule has 0 aliphatic heterocycles. The molecule has 1 atom stereocenters. The Bertz CT molecular complexity index is 588. The highest BCUT2D eigenvalue weighted by Crippen LogP contribution is 2.27. The molecule has 0 saturated carbocycles. The molecule has 0 saturated heterocycles. The Kier molecular flexibility index (Phi) is 5.97. The molecule has 1 rings (SSSR count). The average Bonchev–Trinajstić information content (AvgIpc) is 2.38. The van der Waals surface area contributed by atoms with Crippen molar-refractivity contribution in [3.8, 4) is 5.75 Å². The number of carboxylic acids is 1. The number of ether oxygens (including phenoxy) is 1. The van der Waals surface area contributed by atoms with E-state index in [4.69, 9.17) is 9.84 Å². The van der Waals surface area contributed by atoms with Gasteiger partial charge in [-0.2, -0.15) is 4.72 Å². The first-order valence-electron chi connectivity index (χ1n) is 5.99. The van der Waals surface area contributed by atoms with Gasteiger partial charge in [-0.25, -0.2) is 8.42 Å². The lowest BCUT2D eigenvalue weighted by Crippen LogP contribution is -2.40. The van der Waals surface area contributed by atoms with E-state index in [0.717, 1.165) is 0 Å². The van der Waals surface area contributed by atoms with E-state index in [0.29, 0.717) is 11.1 Å². The van der Waals surface area contributed by atoms with Crippen LogP contribution in [0.4, 0.5) is 0 Å². The zero-order valence-electron chi connectivity index (χ0n) is 11.1. The van der Waals surface area contributed by atoms with Crippen molar-refractivity contribution in [3.05, 3.63) is 22.7 Å². The van der Waals surface area contributed by atoms with Crippen molar-refractivity contribution >= 4 is 31.9 Å². The van der Waals surface area contributed by atoms with Crippen molar-refractivity contribution < 1.29 is 23.1 Å². The summed E-state index contributed by atoms with van der Waals surface area (Å²) in [6.45, 7) is 3.63. The van der Waals surface area contributed by atoms with Gasteiger partial charge in [0.1, 0.15) is 16.7 Å². The zero-order chi connectivity index (χ0) is 15.3. The van der Waals surface area contributed by atoms with E-state index in [2.05, 4.69) is 20.7 Å². The Hall–Kier alpha value is -1.12. The van der Waals surface area contributed by atoms with Crippen molar-refractivity contribution in [2.45, 2.75) is 31.2 Å². The lowest BCUT2D eigenvalue weighted by molar-refractivity contribution is -0.139. The molecule has 2 N–H and O–H groups in total. The topological polar surface area (TPSA) is 92.7 Å². The second-order valence-electron chi connectivity index (χ2n) is 3.94. The molecular weight excluding hydrogens is 350 g/mol. The fraction of sp³-hybridized carbons (Fsp3) is 0.417. The molecule has 1 aromatic rings. The van der Waals surface area contributed by atoms with Gasteiger partial charge < -0.3 is 9.84 Å². The second kappa shape index (κ2) is 7.05. The Morgan fingerprint density at radius 2 is 2.10 bits per heavy atom. The van der Waals surface area contributed by atoms with Gasteiger partial charge in [0.05, 0.1) is 6.61 Å². The maximum atomic E-state index is 12.3. The van der Waals surface area contributed by atoms with Crippen LogP contribution in [0.3, 0.4) is 0 Å². The van der Waals surface area contributed by atoms with Crippen molar-refractivity contribution in [3.63, 3.8) is 0 Å². The van der Waals surface area contributed by atoms with E-state index in [1.54, 1.807) is 19.9 Å². The van der Waals surface area contributed by atoms with Gasteiger partial charge >= 0.3 is 5.97 Å². The van der Waals surface area contributed by atoms with Crippen LogP contribution in [0.25, 0.3) is 0 Å². The highest BCUT2D eigenvalue weighted by molar-refractivity contribution is 9.10. The molecule has 0 fully saturated rings. The maximum Gasteiger partial charge on any atom is 0.321 e. The normalized spacial score (nSPS) is 12.9. The van der Waals surface area contributed by atoms with Crippen molar-refractivity contribution in [1.29, 1.82) is 0 Å². The summed E-state index contributed by atoms with van der Waals surface area (Å²) in [7, 11) is -3.98. The molecule has 1 unspecified atom stereocenters. The Morgan fingerprint density at radius 3 is 2.60 bits per heavy atom. The SMILES string of the molecule is CCOc1ccc(Br)cc1S(=O)(=O)NC(CC)C(=O)O. The van der Waals surface area contributed by atoms with Crippen LogP contribution in [0.2, 0.25) is 0 Å². The lowest BCUT2D eigenvalue weighted by atomic mass is 10.2.